The van der Waals surface area contributed by atoms with Gasteiger partial charge in [0.1, 0.15) is 23.5 Å². The maximum Gasteiger partial charge on any atom is 0.141 e. The third-order valence-electron chi connectivity index (χ3n) is 6.58. The molecular formula is C32H31F2NO. The van der Waals surface area contributed by atoms with E-state index >= 15 is 4.39 Å². The van der Waals surface area contributed by atoms with Gasteiger partial charge >= 0.3 is 0 Å². The SMILES string of the molecule is CCCCCCCOc1ccc(-c2ccc3c(F)c(CCc4ccc(C#N)c(F)c4)ccc3c2)cc1. The molecule has 0 aromatic heterocycles. The van der Waals surface area contributed by atoms with E-state index in [9.17, 15) is 4.39 Å². The number of aryl methyl sites for hydroxylation is 2. The number of ether oxygens (including phenoxy) is 1. The number of benzene rings is 4. The van der Waals surface area contributed by atoms with Gasteiger partial charge in [0.25, 0.3) is 0 Å². The topological polar surface area (TPSA) is 33.0 Å². The molecule has 0 atom stereocenters. The lowest BCUT2D eigenvalue weighted by Gasteiger charge is -2.10. The summed E-state index contributed by atoms with van der Waals surface area (Å²) in [5.41, 5.74) is 3.43. The first-order valence-electron chi connectivity index (χ1n) is 12.7. The molecule has 2 nitrogen and oxygen atoms in total. The Balaban J connectivity index is 1.41. The van der Waals surface area contributed by atoms with Crippen LogP contribution < -0.4 is 4.74 Å². The van der Waals surface area contributed by atoms with Gasteiger partial charge in [0, 0.05) is 5.39 Å². The summed E-state index contributed by atoms with van der Waals surface area (Å²) in [7, 11) is 0. The zero-order valence-electron chi connectivity index (χ0n) is 20.7. The average Bonchev–Trinajstić information content (AvgIpc) is 2.90. The monoisotopic (exact) mass is 483 g/mol. The van der Waals surface area contributed by atoms with Gasteiger partial charge in [-0.2, -0.15) is 5.26 Å². The molecule has 0 heterocycles. The average molecular weight is 484 g/mol. The summed E-state index contributed by atoms with van der Waals surface area (Å²) in [6.45, 7) is 2.95. The van der Waals surface area contributed by atoms with Crippen LogP contribution in [0.15, 0.2) is 72.8 Å². The number of nitrogens with zero attached hydrogens (tertiary/aromatic N) is 1. The number of halogens is 2. The van der Waals surface area contributed by atoms with Crippen molar-refractivity contribution in [3.8, 4) is 22.9 Å². The summed E-state index contributed by atoms with van der Waals surface area (Å²) in [5, 5.41) is 10.3. The molecule has 4 heteroatoms. The minimum absolute atomic E-state index is 0.0198. The smallest absolute Gasteiger partial charge is 0.141 e. The lowest BCUT2D eigenvalue weighted by Crippen LogP contribution is -1.97. The second-order valence-electron chi connectivity index (χ2n) is 9.19. The van der Waals surface area contributed by atoms with Crippen LogP contribution in [0.5, 0.6) is 5.75 Å². The Kier molecular flexibility index (Phi) is 8.68. The minimum atomic E-state index is -0.538. The van der Waals surface area contributed by atoms with E-state index in [0.29, 0.717) is 23.8 Å². The molecule has 4 aromatic carbocycles. The minimum Gasteiger partial charge on any atom is -0.494 e. The van der Waals surface area contributed by atoms with E-state index in [1.807, 2.05) is 54.6 Å². The standard InChI is InChI=1S/C32H31F2NO/c1-2-3-4-5-6-19-36-29-16-13-24(14-17-29)26-15-18-30-27(21-26)12-11-25(32(30)34)9-7-23-8-10-28(22-35)31(33)20-23/h8,10-18,20-21H,2-7,9,19H2,1H3. The Bertz CT molecular complexity index is 1360. The highest BCUT2D eigenvalue weighted by Gasteiger charge is 2.10. The number of unbranched alkanes of at least 4 members (excludes halogenated alkanes) is 4. The summed E-state index contributed by atoms with van der Waals surface area (Å²) < 4.78 is 35.0. The molecule has 0 radical (unpaired) electrons. The molecule has 4 aromatic rings. The van der Waals surface area contributed by atoms with Crippen LogP contribution in [0.25, 0.3) is 21.9 Å². The van der Waals surface area contributed by atoms with Gasteiger partial charge < -0.3 is 4.74 Å². The van der Waals surface area contributed by atoms with E-state index in [4.69, 9.17) is 10.00 Å². The number of nitriles is 1. The highest BCUT2D eigenvalue weighted by Crippen LogP contribution is 2.29. The number of hydrogen-bond acceptors (Lipinski definition) is 2. The molecule has 0 aliphatic carbocycles. The Hall–Kier alpha value is -3.71. The van der Waals surface area contributed by atoms with Crippen molar-refractivity contribution in [3.63, 3.8) is 0 Å². The van der Waals surface area contributed by atoms with E-state index in [0.717, 1.165) is 40.9 Å². The van der Waals surface area contributed by atoms with Crippen molar-refractivity contribution in [2.75, 3.05) is 6.61 Å². The van der Waals surface area contributed by atoms with Crippen molar-refractivity contribution in [3.05, 3.63) is 101 Å². The normalized spacial score (nSPS) is 10.9. The van der Waals surface area contributed by atoms with E-state index in [1.165, 1.54) is 37.8 Å². The van der Waals surface area contributed by atoms with Crippen LogP contribution in [0.4, 0.5) is 8.78 Å². The fraction of sp³-hybridized carbons (Fsp3) is 0.281. The van der Waals surface area contributed by atoms with Crippen LogP contribution in [0.2, 0.25) is 0 Å². The zero-order chi connectivity index (χ0) is 25.3. The molecule has 0 spiro atoms. The number of rotatable bonds is 11. The molecular weight excluding hydrogens is 452 g/mol. The van der Waals surface area contributed by atoms with Crippen LogP contribution >= 0.6 is 0 Å². The summed E-state index contributed by atoms with van der Waals surface area (Å²) in [5.74, 6) is 0.0900. The van der Waals surface area contributed by atoms with Crippen molar-refractivity contribution in [2.24, 2.45) is 0 Å². The van der Waals surface area contributed by atoms with E-state index in [1.54, 1.807) is 12.1 Å². The first kappa shape index (κ1) is 25.4. The van der Waals surface area contributed by atoms with Gasteiger partial charge in [-0.25, -0.2) is 8.78 Å². The fourth-order valence-electron chi connectivity index (χ4n) is 4.43. The molecule has 0 saturated heterocycles. The molecule has 0 aliphatic rings. The quantitative estimate of drug-likeness (QED) is 0.200. The van der Waals surface area contributed by atoms with Gasteiger partial charge in [0.15, 0.2) is 0 Å². The van der Waals surface area contributed by atoms with E-state index in [-0.39, 0.29) is 11.4 Å². The Morgan fingerprint density at radius 3 is 2.31 bits per heavy atom. The molecule has 0 unspecified atom stereocenters. The van der Waals surface area contributed by atoms with Crippen LogP contribution in [0.3, 0.4) is 0 Å². The van der Waals surface area contributed by atoms with E-state index < -0.39 is 5.82 Å². The van der Waals surface area contributed by atoms with Crippen molar-refractivity contribution in [1.29, 1.82) is 5.26 Å². The molecule has 0 aliphatic heterocycles. The van der Waals surface area contributed by atoms with Crippen molar-refractivity contribution < 1.29 is 13.5 Å². The van der Waals surface area contributed by atoms with Crippen LogP contribution in [0, 0.1) is 23.0 Å². The molecule has 0 N–H and O–H groups in total. The highest BCUT2D eigenvalue weighted by molar-refractivity contribution is 5.88. The molecule has 4 rings (SSSR count). The maximum atomic E-state index is 15.2. The van der Waals surface area contributed by atoms with Gasteiger partial charge in [0.2, 0.25) is 0 Å². The number of fused-ring (bicyclic) bond motifs is 1. The molecule has 0 bridgehead atoms. The largest absolute Gasteiger partial charge is 0.494 e. The molecule has 0 saturated carbocycles. The predicted octanol–water partition coefficient (Wildman–Crippen LogP) is 8.79. The van der Waals surface area contributed by atoms with Crippen LogP contribution in [0.1, 0.15) is 55.7 Å². The predicted molar refractivity (Wildman–Crippen MR) is 142 cm³/mol. The van der Waals surface area contributed by atoms with Gasteiger partial charge in [-0.1, -0.05) is 75.1 Å². The van der Waals surface area contributed by atoms with E-state index in [2.05, 4.69) is 6.92 Å². The summed E-state index contributed by atoms with van der Waals surface area (Å²) in [4.78, 5) is 0. The molecule has 0 amide bonds. The Labute approximate surface area is 212 Å². The number of hydrogen-bond donors (Lipinski definition) is 0. The first-order chi connectivity index (χ1) is 17.6. The lowest BCUT2D eigenvalue weighted by atomic mass is 9.97. The van der Waals surface area contributed by atoms with Gasteiger partial charge in [0.05, 0.1) is 12.2 Å². The highest BCUT2D eigenvalue weighted by atomic mass is 19.1. The van der Waals surface area contributed by atoms with Gasteiger partial charge in [-0.05, 0) is 77.2 Å². The first-order valence-corrected chi connectivity index (χ1v) is 12.7. The molecule has 0 fully saturated rings. The summed E-state index contributed by atoms with van der Waals surface area (Å²) in [6.07, 6.45) is 7.02. The second-order valence-corrected chi connectivity index (χ2v) is 9.19. The van der Waals surface area contributed by atoms with Crippen LogP contribution in [-0.4, -0.2) is 6.61 Å². The Morgan fingerprint density at radius 1 is 0.778 bits per heavy atom. The van der Waals surface area contributed by atoms with Crippen LogP contribution in [-0.2, 0) is 12.8 Å². The summed E-state index contributed by atoms with van der Waals surface area (Å²) in [6, 6.07) is 23.9. The maximum absolute atomic E-state index is 15.2. The molecule has 36 heavy (non-hydrogen) atoms. The summed E-state index contributed by atoms with van der Waals surface area (Å²) >= 11 is 0. The fourth-order valence-corrected chi connectivity index (χ4v) is 4.43. The zero-order valence-corrected chi connectivity index (χ0v) is 20.7. The Morgan fingerprint density at radius 2 is 1.56 bits per heavy atom. The molecule has 184 valence electrons. The third kappa shape index (κ3) is 6.29. The second kappa shape index (κ2) is 12.3. The van der Waals surface area contributed by atoms with Crippen molar-refractivity contribution in [1.82, 2.24) is 0 Å². The lowest BCUT2D eigenvalue weighted by molar-refractivity contribution is 0.304. The third-order valence-corrected chi connectivity index (χ3v) is 6.58. The van der Waals surface area contributed by atoms with Crippen molar-refractivity contribution in [2.45, 2.75) is 51.9 Å². The van der Waals surface area contributed by atoms with Crippen molar-refractivity contribution >= 4 is 10.8 Å². The van der Waals surface area contributed by atoms with Gasteiger partial charge in [-0.3, -0.25) is 0 Å². The van der Waals surface area contributed by atoms with Gasteiger partial charge in [-0.15, -0.1) is 0 Å².